The standard InChI is InChI=1S/C23H27FN4O3/c1-12-19(22(30)25-10-14(29)11-28(2)3)15-5-4-6-16(21(15)26-12)20-17-9-13(24)7-8-18(17)27-23(20)31/h6-9,14,26-27,29,31H,4-5,10-11H2,1-3H3,(H,25,30). The van der Waals surface area contributed by atoms with Crippen LogP contribution in [0.4, 0.5) is 4.39 Å². The second-order valence-electron chi connectivity index (χ2n) is 8.30. The third-order valence-corrected chi connectivity index (χ3v) is 5.61. The van der Waals surface area contributed by atoms with Crippen LogP contribution in [0.3, 0.4) is 0 Å². The number of benzene rings is 1. The van der Waals surface area contributed by atoms with Crippen molar-refractivity contribution in [3.63, 3.8) is 0 Å². The third kappa shape index (κ3) is 3.96. The van der Waals surface area contributed by atoms with E-state index in [1.807, 2.05) is 32.0 Å². The second-order valence-corrected chi connectivity index (χ2v) is 8.30. The Kier molecular flexibility index (Phi) is 5.60. The first-order valence-corrected chi connectivity index (χ1v) is 10.3. The van der Waals surface area contributed by atoms with Gasteiger partial charge in [-0.3, -0.25) is 4.79 Å². The first-order valence-electron chi connectivity index (χ1n) is 10.3. The number of aromatic nitrogens is 2. The molecule has 4 rings (SSSR count). The van der Waals surface area contributed by atoms with Gasteiger partial charge in [0, 0.05) is 35.3 Å². The fourth-order valence-electron chi connectivity index (χ4n) is 4.36. The molecule has 1 aliphatic carbocycles. The average molecular weight is 426 g/mol. The van der Waals surface area contributed by atoms with Crippen molar-refractivity contribution in [3.05, 3.63) is 58.2 Å². The first-order chi connectivity index (χ1) is 14.8. The number of aromatic hydroxyl groups is 1. The number of nitrogens with zero attached hydrogens (tertiary/aromatic N) is 1. The minimum absolute atomic E-state index is 0.0373. The molecule has 3 aromatic rings. The van der Waals surface area contributed by atoms with Crippen LogP contribution in [0.15, 0.2) is 24.3 Å². The predicted molar refractivity (Wildman–Crippen MR) is 118 cm³/mol. The van der Waals surface area contributed by atoms with Crippen LogP contribution in [0.5, 0.6) is 5.88 Å². The van der Waals surface area contributed by atoms with Crippen LogP contribution in [0.2, 0.25) is 0 Å². The fourth-order valence-corrected chi connectivity index (χ4v) is 4.36. The van der Waals surface area contributed by atoms with Crippen molar-refractivity contribution in [1.82, 2.24) is 20.2 Å². The molecule has 1 unspecified atom stereocenters. The number of allylic oxidation sites excluding steroid dienone is 1. The molecule has 164 valence electrons. The lowest BCUT2D eigenvalue weighted by atomic mass is 9.89. The molecule has 31 heavy (non-hydrogen) atoms. The Morgan fingerprint density at radius 1 is 1.32 bits per heavy atom. The van der Waals surface area contributed by atoms with E-state index in [-0.39, 0.29) is 24.1 Å². The van der Waals surface area contributed by atoms with Gasteiger partial charge in [0.2, 0.25) is 0 Å². The van der Waals surface area contributed by atoms with E-state index in [2.05, 4.69) is 15.3 Å². The number of carbonyl (C=O) groups excluding carboxylic acids is 1. The SMILES string of the molecule is Cc1[nH]c2c(c1C(=O)NCC(O)CN(C)C)CCC=C2c1c(O)[nH]c2ccc(F)cc12. The van der Waals surface area contributed by atoms with Crippen molar-refractivity contribution in [1.29, 1.82) is 0 Å². The predicted octanol–water partition coefficient (Wildman–Crippen LogP) is 2.68. The zero-order valence-corrected chi connectivity index (χ0v) is 17.8. The molecule has 1 aromatic carbocycles. The summed E-state index contributed by atoms with van der Waals surface area (Å²) in [5, 5.41) is 24.0. The average Bonchev–Trinajstić information content (AvgIpc) is 3.20. The molecule has 1 aliphatic rings. The number of aliphatic hydroxyl groups is 1. The van der Waals surface area contributed by atoms with Crippen LogP contribution in [0, 0.1) is 12.7 Å². The third-order valence-electron chi connectivity index (χ3n) is 5.61. The van der Waals surface area contributed by atoms with Crippen molar-refractivity contribution in [2.75, 3.05) is 27.2 Å². The van der Waals surface area contributed by atoms with Crippen molar-refractivity contribution in [3.8, 4) is 5.88 Å². The highest BCUT2D eigenvalue weighted by Crippen LogP contribution is 2.41. The van der Waals surface area contributed by atoms with Crippen molar-refractivity contribution in [2.24, 2.45) is 0 Å². The Morgan fingerprint density at radius 2 is 2.10 bits per heavy atom. The number of aliphatic hydroxyl groups excluding tert-OH is 1. The van der Waals surface area contributed by atoms with Crippen LogP contribution >= 0.6 is 0 Å². The summed E-state index contributed by atoms with van der Waals surface area (Å²) in [6.45, 7) is 2.44. The van der Waals surface area contributed by atoms with E-state index in [4.69, 9.17) is 0 Å². The van der Waals surface area contributed by atoms with Crippen molar-refractivity contribution < 1.29 is 19.4 Å². The van der Waals surface area contributed by atoms with Crippen LogP contribution in [-0.4, -0.2) is 64.3 Å². The summed E-state index contributed by atoms with van der Waals surface area (Å²) >= 11 is 0. The summed E-state index contributed by atoms with van der Waals surface area (Å²) in [4.78, 5) is 21.0. The lowest BCUT2D eigenvalue weighted by Gasteiger charge is -2.18. The Balaban J connectivity index is 1.68. The fraction of sp³-hybridized carbons (Fsp3) is 0.348. The van der Waals surface area contributed by atoms with E-state index in [9.17, 15) is 19.4 Å². The van der Waals surface area contributed by atoms with E-state index >= 15 is 0 Å². The van der Waals surface area contributed by atoms with Gasteiger partial charge in [-0.05, 0) is 57.6 Å². The Morgan fingerprint density at radius 3 is 2.84 bits per heavy atom. The Bertz CT molecular complexity index is 1180. The molecule has 0 bridgehead atoms. The Labute approximate surface area is 179 Å². The number of aryl methyl sites for hydroxylation is 1. The minimum Gasteiger partial charge on any atom is -0.494 e. The van der Waals surface area contributed by atoms with Gasteiger partial charge in [-0.25, -0.2) is 4.39 Å². The van der Waals surface area contributed by atoms with Crippen molar-refractivity contribution in [2.45, 2.75) is 25.9 Å². The molecule has 8 heteroatoms. The topological polar surface area (TPSA) is 104 Å². The van der Waals surface area contributed by atoms with Crippen molar-refractivity contribution >= 4 is 22.4 Å². The van der Waals surface area contributed by atoms with E-state index in [1.165, 1.54) is 12.1 Å². The zero-order valence-electron chi connectivity index (χ0n) is 17.8. The minimum atomic E-state index is -0.664. The van der Waals surface area contributed by atoms with Crippen LogP contribution in [0.1, 0.15) is 39.3 Å². The molecule has 5 N–H and O–H groups in total. The van der Waals surface area contributed by atoms with Gasteiger partial charge < -0.3 is 30.4 Å². The number of H-pyrrole nitrogens is 2. The molecule has 0 spiro atoms. The molecule has 2 aromatic heterocycles. The molecule has 2 heterocycles. The monoisotopic (exact) mass is 426 g/mol. The zero-order chi connectivity index (χ0) is 22.3. The maximum Gasteiger partial charge on any atom is 0.253 e. The van der Waals surface area contributed by atoms with Gasteiger partial charge in [0.25, 0.3) is 5.91 Å². The Hall–Kier alpha value is -3.10. The summed E-state index contributed by atoms with van der Waals surface area (Å²) in [6.07, 6.45) is 2.69. The maximum absolute atomic E-state index is 13.9. The first kappa shape index (κ1) is 21.1. The maximum atomic E-state index is 13.9. The number of likely N-dealkylation sites (N-methyl/N-ethyl adjacent to an activating group) is 1. The number of fused-ring (bicyclic) bond motifs is 2. The number of hydrogen-bond acceptors (Lipinski definition) is 4. The molecule has 0 aliphatic heterocycles. The summed E-state index contributed by atoms with van der Waals surface area (Å²) in [5.74, 6) is -0.670. The molecular weight excluding hydrogens is 399 g/mol. The number of aromatic amines is 2. The normalized spacial score (nSPS) is 14.6. The summed E-state index contributed by atoms with van der Waals surface area (Å²) < 4.78 is 13.9. The van der Waals surface area contributed by atoms with Gasteiger partial charge in [-0.15, -0.1) is 0 Å². The van der Waals surface area contributed by atoms with Gasteiger partial charge in [-0.1, -0.05) is 6.08 Å². The smallest absolute Gasteiger partial charge is 0.253 e. The van der Waals surface area contributed by atoms with Gasteiger partial charge in [0.05, 0.1) is 22.9 Å². The molecule has 0 radical (unpaired) electrons. The number of carbonyl (C=O) groups is 1. The molecule has 0 fully saturated rings. The molecule has 1 amide bonds. The molecule has 7 nitrogen and oxygen atoms in total. The summed E-state index contributed by atoms with van der Waals surface area (Å²) in [7, 11) is 3.72. The number of halogens is 1. The quantitative estimate of drug-likeness (QED) is 0.418. The number of nitrogens with one attached hydrogen (secondary N) is 3. The van der Waals surface area contributed by atoms with E-state index < -0.39 is 6.10 Å². The number of amides is 1. The van der Waals surface area contributed by atoms with Gasteiger partial charge in [0.1, 0.15) is 5.82 Å². The van der Waals surface area contributed by atoms with Crippen LogP contribution in [-0.2, 0) is 6.42 Å². The van der Waals surface area contributed by atoms with Crippen LogP contribution < -0.4 is 5.32 Å². The highest BCUT2D eigenvalue weighted by molar-refractivity contribution is 6.03. The summed E-state index contributed by atoms with van der Waals surface area (Å²) in [5.41, 5.74) is 4.78. The molecular formula is C23H27FN4O3. The van der Waals surface area contributed by atoms with E-state index in [1.54, 1.807) is 6.07 Å². The van der Waals surface area contributed by atoms with E-state index in [0.717, 1.165) is 16.8 Å². The molecule has 0 saturated heterocycles. The second kappa shape index (κ2) is 8.20. The van der Waals surface area contributed by atoms with Gasteiger partial charge >= 0.3 is 0 Å². The number of rotatable bonds is 6. The lowest BCUT2D eigenvalue weighted by Crippen LogP contribution is -2.38. The van der Waals surface area contributed by atoms with Crippen LogP contribution in [0.25, 0.3) is 16.5 Å². The number of hydrogen-bond donors (Lipinski definition) is 5. The largest absolute Gasteiger partial charge is 0.494 e. The van der Waals surface area contributed by atoms with Gasteiger partial charge in [0.15, 0.2) is 5.88 Å². The van der Waals surface area contributed by atoms with Gasteiger partial charge in [-0.2, -0.15) is 0 Å². The summed E-state index contributed by atoms with van der Waals surface area (Å²) in [6, 6.07) is 4.33. The molecule has 0 saturated carbocycles. The van der Waals surface area contributed by atoms with E-state index in [0.29, 0.717) is 47.1 Å². The highest BCUT2D eigenvalue weighted by Gasteiger charge is 2.28. The molecule has 1 atom stereocenters. The highest BCUT2D eigenvalue weighted by atomic mass is 19.1. The lowest BCUT2D eigenvalue weighted by molar-refractivity contribution is 0.0891.